The van der Waals surface area contributed by atoms with E-state index in [1.807, 2.05) is 11.0 Å². The molecule has 2 N–H and O–H groups in total. The lowest BCUT2D eigenvalue weighted by molar-refractivity contribution is -0.137. The van der Waals surface area contributed by atoms with Crippen LogP contribution in [0.15, 0.2) is 12.4 Å². The molecule has 4 aliphatic rings. The lowest BCUT2D eigenvalue weighted by atomic mass is 9.75. The Morgan fingerprint density at radius 3 is 2.81 bits per heavy atom. The van der Waals surface area contributed by atoms with Gasteiger partial charge in [0, 0.05) is 12.6 Å². The third kappa shape index (κ3) is 2.07. The van der Waals surface area contributed by atoms with E-state index < -0.39 is 6.35 Å². The van der Waals surface area contributed by atoms with Crippen molar-refractivity contribution in [3.05, 3.63) is 12.4 Å². The number of piperidine rings is 3. The Kier molecular flexibility index (Phi) is 3.02. The van der Waals surface area contributed by atoms with Crippen LogP contribution in [-0.4, -0.2) is 60.1 Å². The van der Waals surface area contributed by atoms with Gasteiger partial charge < -0.3 is 19.3 Å². The summed E-state index contributed by atoms with van der Waals surface area (Å²) in [6.45, 7) is 4.14. The van der Waals surface area contributed by atoms with E-state index in [-0.39, 0.29) is 5.60 Å². The van der Waals surface area contributed by atoms with Crippen molar-refractivity contribution in [2.75, 3.05) is 38.2 Å². The van der Waals surface area contributed by atoms with Crippen molar-refractivity contribution in [1.29, 1.82) is 0 Å². The summed E-state index contributed by atoms with van der Waals surface area (Å²) in [5.41, 5.74) is 6.08. The van der Waals surface area contributed by atoms with E-state index in [0.29, 0.717) is 11.8 Å². The van der Waals surface area contributed by atoms with Crippen LogP contribution in [0.1, 0.15) is 12.8 Å². The zero-order valence-corrected chi connectivity index (χ0v) is 12.2. The van der Waals surface area contributed by atoms with Crippen molar-refractivity contribution in [2.45, 2.75) is 24.8 Å². The van der Waals surface area contributed by atoms with E-state index in [9.17, 15) is 0 Å². The van der Waals surface area contributed by atoms with Gasteiger partial charge in [0.2, 0.25) is 5.88 Å². The highest BCUT2D eigenvalue weighted by molar-refractivity contribution is 5.43. The fraction of sp³-hybridized carbons (Fsp3) is 0.714. The zero-order chi connectivity index (χ0) is 14.4. The second-order valence-electron chi connectivity index (χ2n) is 6.17. The van der Waals surface area contributed by atoms with Crippen molar-refractivity contribution in [3.63, 3.8) is 0 Å². The van der Waals surface area contributed by atoms with E-state index in [1.54, 1.807) is 7.11 Å². The molecule has 2 bridgehead atoms. The van der Waals surface area contributed by atoms with Gasteiger partial charge in [0.1, 0.15) is 17.7 Å². The van der Waals surface area contributed by atoms with Gasteiger partial charge in [-0.2, -0.15) is 0 Å². The maximum atomic E-state index is 6.23. The molecule has 2 unspecified atom stereocenters. The largest absolute Gasteiger partial charge is 0.481 e. The van der Waals surface area contributed by atoms with Crippen LogP contribution < -0.4 is 15.4 Å². The Hall–Kier alpha value is -1.44. The topological polar surface area (TPSA) is 76.7 Å². The zero-order valence-electron chi connectivity index (χ0n) is 12.2. The standard InChI is InChI=1S/C14H21N5O2/c1-20-12-6-11(16-9-17-12)19-8-14(21-13(19)15)7-18-4-2-10(14)3-5-18/h6,9-10,13H,2-5,7-8,15H2,1H3. The number of hydrogen-bond acceptors (Lipinski definition) is 7. The molecule has 1 aromatic heterocycles. The van der Waals surface area contributed by atoms with E-state index in [2.05, 4.69) is 14.9 Å². The quantitative estimate of drug-likeness (QED) is 0.823. The molecule has 4 aliphatic heterocycles. The summed E-state index contributed by atoms with van der Waals surface area (Å²) in [5, 5.41) is 0. The van der Waals surface area contributed by atoms with Crippen LogP contribution in [0.2, 0.25) is 0 Å². The minimum atomic E-state index is -0.454. The SMILES string of the molecule is COc1cc(N2CC3(CN4CCC3CC4)OC2N)ncn1. The van der Waals surface area contributed by atoms with Gasteiger partial charge in [-0.1, -0.05) is 0 Å². The van der Waals surface area contributed by atoms with Crippen LogP contribution in [0.25, 0.3) is 0 Å². The smallest absolute Gasteiger partial charge is 0.218 e. The Balaban J connectivity index is 1.60. The van der Waals surface area contributed by atoms with Crippen LogP contribution >= 0.6 is 0 Å². The molecule has 0 aromatic carbocycles. The minimum absolute atomic E-state index is 0.145. The van der Waals surface area contributed by atoms with Crippen molar-refractivity contribution in [1.82, 2.24) is 14.9 Å². The highest BCUT2D eigenvalue weighted by atomic mass is 16.6. The highest BCUT2D eigenvalue weighted by Crippen LogP contribution is 2.43. The molecule has 4 fully saturated rings. The minimum Gasteiger partial charge on any atom is -0.481 e. The number of nitrogens with two attached hydrogens (primary N) is 1. The summed E-state index contributed by atoms with van der Waals surface area (Å²) >= 11 is 0. The van der Waals surface area contributed by atoms with Gasteiger partial charge in [0.05, 0.1) is 13.7 Å². The maximum Gasteiger partial charge on any atom is 0.218 e. The van der Waals surface area contributed by atoms with Crippen LogP contribution in [0.4, 0.5) is 5.82 Å². The third-order valence-corrected chi connectivity index (χ3v) is 5.05. The normalized spacial score (nSPS) is 38.2. The van der Waals surface area contributed by atoms with Gasteiger partial charge in [-0.3, -0.25) is 5.73 Å². The molecular formula is C14H21N5O2. The lowest BCUT2D eigenvalue weighted by Gasteiger charge is -2.50. The average molecular weight is 291 g/mol. The molecule has 7 heteroatoms. The summed E-state index contributed by atoms with van der Waals surface area (Å²) in [4.78, 5) is 12.9. The Morgan fingerprint density at radius 2 is 2.14 bits per heavy atom. The maximum absolute atomic E-state index is 6.23. The molecule has 1 spiro atoms. The Morgan fingerprint density at radius 1 is 1.33 bits per heavy atom. The molecule has 7 nitrogen and oxygen atoms in total. The highest BCUT2D eigenvalue weighted by Gasteiger charge is 2.54. The van der Waals surface area contributed by atoms with E-state index in [4.69, 9.17) is 15.2 Å². The van der Waals surface area contributed by atoms with Crippen LogP contribution in [0.3, 0.4) is 0 Å². The first-order valence-electron chi connectivity index (χ1n) is 7.49. The molecule has 0 radical (unpaired) electrons. The molecular weight excluding hydrogens is 270 g/mol. The fourth-order valence-electron chi connectivity index (χ4n) is 3.97. The molecule has 5 rings (SSSR count). The summed E-state index contributed by atoms with van der Waals surface area (Å²) in [6, 6.07) is 1.81. The third-order valence-electron chi connectivity index (χ3n) is 5.05. The van der Waals surface area contributed by atoms with E-state index >= 15 is 0 Å². The van der Waals surface area contributed by atoms with Crippen LogP contribution in [-0.2, 0) is 4.74 Å². The first kappa shape index (κ1) is 13.2. The first-order valence-corrected chi connectivity index (χ1v) is 7.49. The Labute approximate surface area is 124 Å². The number of hydrogen-bond donors (Lipinski definition) is 1. The summed E-state index contributed by atoms with van der Waals surface area (Å²) in [6.07, 6.45) is 3.45. The number of methoxy groups -OCH3 is 1. The number of nitrogens with zero attached hydrogens (tertiary/aromatic N) is 4. The number of rotatable bonds is 2. The van der Waals surface area contributed by atoms with Crippen molar-refractivity contribution >= 4 is 5.82 Å². The molecule has 0 saturated carbocycles. The monoisotopic (exact) mass is 291 g/mol. The van der Waals surface area contributed by atoms with Gasteiger partial charge in [0.25, 0.3) is 0 Å². The molecule has 4 saturated heterocycles. The van der Waals surface area contributed by atoms with Gasteiger partial charge in [0.15, 0.2) is 6.35 Å². The molecule has 0 aliphatic carbocycles. The van der Waals surface area contributed by atoms with Crippen molar-refractivity contribution in [2.24, 2.45) is 11.7 Å². The summed E-state index contributed by atoms with van der Waals surface area (Å²) in [7, 11) is 1.60. The predicted octanol–water partition coefficient (Wildman–Crippen LogP) is 0.0285. The van der Waals surface area contributed by atoms with Crippen LogP contribution in [0.5, 0.6) is 5.88 Å². The molecule has 21 heavy (non-hydrogen) atoms. The van der Waals surface area contributed by atoms with E-state index in [1.165, 1.54) is 32.3 Å². The molecule has 5 heterocycles. The Bertz CT molecular complexity index is 534. The number of anilines is 1. The average Bonchev–Trinajstić information content (AvgIpc) is 2.84. The van der Waals surface area contributed by atoms with Crippen molar-refractivity contribution < 1.29 is 9.47 Å². The van der Waals surface area contributed by atoms with Crippen LogP contribution in [0, 0.1) is 5.92 Å². The van der Waals surface area contributed by atoms with Gasteiger partial charge in [-0.25, -0.2) is 9.97 Å². The lowest BCUT2D eigenvalue weighted by Crippen LogP contribution is -2.61. The van der Waals surface area contributed by atoms with Crippen molar-refractivity contribution in [3.8, 4) is 5.88 Å². The molecule has 114 valence electrons. The number of fused-ring (bicyclic) bond motifs is 2. The van der Waals surface area contributed by atoms with Gasteiger partial charge in [-0.05, 0) is 31.8 Å². The van der Waals surface area contributed by atoms with Gasteiger partial charge in [-0.15, -0.1) is 0 Å². The fourth-order valence-corrected chi connectivity index (χ4v) is 3.97. The number of ether oxygens (including phenoxy) is 2. The molecule has 1 aromatic rings. The first-order chi connectivity index (χ1) is 10.2. The number of aromatic nitrogens is 2. The second-order valence-corrected chi connectivity index (χ2v) is 6.17. The summed E-state index contributed by atoms with van der Waals surface area (Å²) < 4.78 is 11.4. The molecule has 2 atom stereocenters. The predicted molar refractivity (Wildman–Crippen MR) is 76.9 cm³/mol. The second kappa shape index (κ2) is 4.79. The summed E-state index contributed by atoms with van der Waals surface area (Å²) in [5.74, 6) is 1.91. The molecule has 0 amide bonds. The van der Waals surface area contributed by atoms with E-state index in [0.717, 1.165) is 18.9 Å². The van der Waals surface area contributed by atoms with Gasteiger partial charge >= 0.3 is 0 Å².